The summed E-state index contributed by atoms with van der Waals surface area (Å²) in [6.45, 7) is 0.773. The Labute approximate surface area is 100 Å². The summed E-state index contributed by atoms with van der Waals surface area (Å²) >= 11 is 1.90. The van der Waals surface area contributed by atoms with E-state index < -0.39 is 0 Å². The molecular formula is C11H18N2O2S. The van der Waals surface area contributed by atoms with E-state index >= 15 is 0 Å². The van der Waals surface area contributed by atoms with Gasteiger partial charge in [0, 0.05) is 11.3 Å². The summed E-state index contributed by atoms with van der Waals surface area (Å²) in [5.41, 5.74) is 0. The van der Waals surface area contributed by atoms with Crippen molar-refractivity contribution in [3.8, 4) is 0 Å². The van der Waals surface area contributed by atoms with E-state index in [0.29, 0.717) is 24.4 Å². The SMILES string of the molecule is CSC1CCCC(N2CC(=O)NC(=O)C2)C1. The molecule has 5 heteroatoms. The van der Waals surface area contributed by atoms with Gasteiger partial charge in [-0.25, -0.2) is 0 Å². The van der Waals surface area contributed by atoms with Crippen LogP contribution in [0.4, 0.5) is 0 Å². The van der Waals surface area contributed by atoms with E-state index in [9.17, 15) is 9.59 Å². The third kappa shape index (κ3) is 2.77. The fourth-order valence-corrected chi connectivity index (χ4v) is 3.40. The molecule has 90 valence electrons. The number of nitrogens with zero attached hydrogens (tertiary/aromatic N) is 1. The molecule has 2 amide bonds. The topological polar surface area (TPSA) is 49.4 Å². The van der Waals surface area contributed by atoms with Crippen molar-refractivity contribution in [2.45, 2.75) is 37.0 Å². The molecule has 1 aliphatic heterocycles. The van der Waals surface area contributed by atoms with Crippen LogP contribution in [0.2, 0.25) is 0 Å². The molecule has 2 rings (SSSR count). The van der Waals surface area contributed by atoms with Crippen molar-refractivity contribution in [2.24, 2.45) is 0 Å². The molecule has 2 unspecified atom stereocenters. The smallest absolute Gasteiger partial charge is 0.240 e. The van der Waals surface area contributed by atoms with Gasteiger partial charge in [-0.15, -0.1) is 0 Å². The van der Waals surface area contributed by atoms with Crippen LogP contribution in [-0.4, -0.2) is 47.4 Å². The van der Waals surface area contributed by atoms with Gasteiger partial charge in [0.1, 0.15) is 0 Å². The first kappa shape index (κ1) is 11.9. The van der Waals surface area contributed by atoms with Crippen LogP contribution in [0, 0.1) is 0 Å². The summed E-state index contributed by atoms with van der Waals surface area (Å²) in [7, 11) is 0. The van der Waals surface area contributed by atoms with Gasteiger partial charge in [0.25, 0.3) is 0 Å². The van der Waals surface area contributed by atoms with E-state index in [1.165, 1.54) is 12.8 Å². The number of carbonyl (C=O) groups is 2. The first-order chi connectivity index (χ1) is 7.69. The van der Waals surface area contributed by atoms with Gasteiger partial charge in [-0.2, -0.15) is 11.8 Å². The van der Waals surface area contributed by atoms with Crippen molar-refractivity contribution in [1.29, 1.82) is 0 Å². The van der Waals surface area contributed by atoms with E-state index in [4.69, 9.17) is 0 Å². The van der Waals surface area contributed by atoms with Crippen LogP contribution in [0.25, 0.3) is 0 Å². The van der Waals surface area contributed by atoms with Gasteiger partial charge in [0.2, 0.25) is 11.8 Å². The average Bonchev–Trinajstić information content (AvgIpc) is 2.28. The van der Waals surface area contributed by atoms with Gasteiger partial charge in [-0.3, -0.25) is 19.8 Å². The van der Waals surface area contributed by atoms with Crippen LogP contribution in [0.5, 0.6) is 0 Å². The number of nitrogens with one attached hydrogen (secondary N) is 1. The number of carbonyl (C=O) groups excluding carboxylic acids is 2. The molecule has 0 aromatic carbocycles. The summed E-state index contributed by atoms with van der Waals surface area (Å²) in [4.78, 5) is 24.6. The van der Waals surface area contributed by atoms with E-state index in [0.717, 1.165) is 12.8 Å². The Hall–Kier alpha value is -0.550. The second-order valence-corrected chi connectivity index (χ2v) is 5.69. The second kappa shape index (κ2) is 5.19. The van der Waals surface area contributed by atoms with Gasteiger partial charge < -0.3 is 0 Å². The summed E-state index contributed by atoms with van der Waals surface area (Å²) in [6.07, 6.45) is 6.86. The molecule has 1 N–H and O–H groups in total. The zero-order valence-electron chi connectivity index (χ0n) is 9.57. The maximum Gasteiger partial charge on any atom is 0.240 e. The van der Waals surface area contributed by atoms with E-state index in [1.54, 1.807) is 0 Å². The number of amides is 2. The lowest BCUT2D eigenvalue weighted by Crippen LogP contribution is -2.55. The van der Waals surface area contributed by atoms with Crippen LogP contribution in [-0.2, 0) is 9.59 Å². The predicted molar refractivity (Wildman–Crippen MR) is 64.3 cm³/mol. The number of imide groups is 1. The number of piperazine rings is 1. The minimum absolute atomic E-state index is 0.150. The molecule has 0 spiro atoms. The lowest BCUT2D eigenvalue weighted by molar-refractivity contribution is -0.137. The molecule has 0 bridgehead atoms. The Kier molecular flexibility index (Phi) is 3.86. The highest BCUT2D eigenvalue weighted by atomic mass is 32.2. The highest BCUT2D eigenvalue weighted by molar-refractivity contribution is 7.99. The molecule has 4 nitrogen and oxygen atoms in total. The Bertz CT molecular complexity index is 280. The van der Waals surface area contributed by atoms with Crippen molar-refractivity contribution < 1.29 is 9.59 Å². The number of thioether (sulfide) groups is 1. The molecule has 1 saturated carbocycles. The number of rotatable bonds is 2. The van der Waals surface area contributed by atoms with Crippen molar-refractivity contribution in [1.82, 2.24) is 10.2 Å². The summed E-state index contributed by atoms with van der Waals surface area (Å²) in [5, 5.41) is 3.04. The zero-order valence-corrected chi connectivity index (χ0v) is 10.4. The first-order valence-corrected chi connectivity index (χ1v) is 7.07. The molecule has 2 aliphatic rings. The minimum Gasteiger partial charge on any atom is -0.294 e. The Morgan fingerprint density at radius 2 is 1.94 bits per heavy atom. The molecule has 0 aromatic heterocycles. The van der Waals surface area contributed by atoms with Crippen molar-refractivity contribution in [3.63, 3.8) is 0 Å². The third-order valence-corrected chi connectivity index (χ3v) is 4.52. The van der Waals surface area contributed by atoms with Gasteiger partial charge >= 0.3 is 0 Å². The maximum atomic E-state index is 11.3. The summed E-state index contributed by atoms with van der Waals surface area (Å²) < 4.78 is 0. The molecule has 0 radical (unpaired) electrons. The summed E-state index contributed by atoms with van der Waals surface area (Å²) in [5.74, 6) is -0.301. The monoisotopic (exact) mass is 242 g/mol. The number of hydrogen-bond acceptors (Lipinski definition) is 4. The van der Waals surface area contributed by atoms with Crippen molar-refractivity contribution in [2.75, 3.05) is 19.3 Å². The quantitative estimate of drug-likeness (QED) is 0.721. The molecule has 16 heavy (non-hydrogen) atoms. The molecule has 1 aliphatic carbocycles. The first-order valence-electron chi connectivity index (χ1n) is 5.78. The lowest BCUT2D eigenvalue weighted by Gasteiger charge is -2.37. The van der Waals surface area contributed by atoms with E-state index in [-0.39, 0.29) is 11.8 Å². The molecule has 0 aromatic rings. The zero-order chi connectivity index (χ0) is 11.5. The number of hydrogen-bond donors (Lipinski definition) is 1. The fraction of sp³-hybridized carbons (Fsp3) is 0.818. The van der Waals surface area contributed by atoms with E-state index in [1.807, 2.05) is 16.7 Å². The molecule has 2 fully saturated rings. The largest absolute Gasteiger partial charge is 0.294 e. The van der Waals surface area contributed by atoms with Gasteiger partial charge in [0.05, 0.1) is 13.1 Å². The maximum absolute atomic E-state index is 11.3. The lowest BCUT2D eigenvalue weighted by atomic mass is 9.93. The fourth-order valence-electron chi connectivity index (χ4n) is 2.58. The van der Waals surface area contributed by atoms with Gasteiger partial charge in [-0.05, 0) is 25.5 Å². The van der Waals surface area contributed by atoms with E-state index in [2.05, 4.69) is 11.6 Å². The van der Waals surface area contributed by atoms with Crippen LogP contribution in [0.1, 0.15) is 25.7 Å². The van der Waals surface area contributed by atoms with Gasteiger partial charge in [0.15, 0.2) is 0 Å². The average molecular weight is 242 g/mol. The van der Waals surface area contributed by atoms with Crippen molar-refractivity contribution in [3.05, 3.63) is 0 Å². The Morgan fingerprint density at radius 3 is 2.56 bits per heavy atom. The van der Waals surface area contributed by atoms with Crippen LogP contribution in [0.15, 0.2) is 0 Å². The highest BCUT2D eigenvalue weighted by Gasteiger charge is 2.31. The standard InChI is InChI=1S/C11H18N2O2S/c1-16-9-4-2-3-8(5-9)13-6-10(14)12-11(15)7-13/h8-9H,2-7H2,1H3,(H,12,14,15). The third-order valence-electron chi connectivity index (χ3n) is 3.42. The molecule has 1 heterocycles. The Morgan fingerprint density at radius 1 is 1.25 bits per heavy atom. The molecular weight excluding hydrogens is 224 g/mol. The van der Waals surface area contributed by atoms with Gasteiger partial charge in [-0.1, -0.05) is 6.42 Å². The highest BCUT2D eigenvalue weighted by Crippen LogP contribution is 2.29. The van der Waals surface area contributed by atoms with Crippen molar-refractivity contribution >= 4 is 23.6 Å². The molecule has 2 atom stereocenters. The van der Waals surface area contributed by atoms with Crippen LogP contribution in [0.3, 0.4) is 0 Å². The molecule has 1 saturated heterocycles. The minimum atomic E-state index is -0.150. The normalized spacial score (nSPS) is 32.6. The Balaban J connectivity index is 1.95. The predicted octanol–water partition coefficient (Wildman–Crippen LogP) is 0.619. The van der Waals surface area contributed by atoms with Crippen LogP contribution < -0.4 is 5.32 Å². The summed E-state index contributed by atoms with van der Waals surface area (Å²) in [6, 6.07) is 0.418. The van der Waals surface area contributed by atoms with Crippen LogP contribution >= 0.6 is 11.8 Å². The second-order valence-electron chi connectivity index (χ2n) is 4.55.